The van der Waals surface area contributed by atoms with Gasteiger partial charge in [0.2, 0.25) is 11.8 Å². The van der Waals surface area contributed by atoms with Gasteiger partial charge in [0.1, 0.15) is 6.04 Å². The smallest absolute Gasteiger partial charge is 0.246 e. The third-order valence-corrected chi connectivity index (χ3v) is 6.02. The number of carbonyl (C=O) groups is 2. The SMILES string of the molecule is CC1CC1C(=O)N1Cc2ccnn2C(C(=O)NCCc2cccs2)C1. The highest BCUT2D eigenvalue weighted by molar-refractivity contribution is 7.09. The van der Waals surface area contributed by atoms with E-state index in [2.05, 4.69) is 23.4 Å². The summed E-state index contributed by atoms with van der Waals surface area (Å²) in [7, 11) is 0. The summed E-state index contributed by atoms with van der Waals surface area (Å²) in [6, 6.07) is 5.53. The fourth-order valence-electron chi connectivity index (χ4n) is 3.44. The molecule has 1 N–H and O–H groups in total. The Kier molecular flexibility index (Phi) is 4.33. The third-order valence-electron chi connectivity index (χ3n) is 5.09. The molecule has 7 heteroatoms. The molecule has 2 amide bonds. The number of thiophene rings is 1. The highest BCUT2D eigenvalue weighted by Gasteiger charge is 2.43. The number of aromatic nitrogens is 2. The Balaban J connectivity index is 1.42. The zero-order valence-corrected chi connectivity index (χ0v) is 15.0. The number of hydrogen-bond donors (Lipinski definition) is 1. The van der Waals surface area contributed by atoms with Crippen molar-refractivity contribution in [3.8, 4) is 0 Å². The van der Waals surface area contributed by atoms with Crippen LogP contribution >= 0.6 is 11.3 Å². The molecule has 25 heavy (non-hydrogen) atoms. The predicted octanol–water partition coefficient (Wildman–Crippen LogP) is 1.84. The molecular weight excluding hydrogens is 336 g/mol. The molecular formula is C18H22N4O2S. The van der Waals surface area contributed by atoms with E-state index >= 15 is 0 Å². The van der Waals surface area contributed by atoms with Crippen LogP contribution in [0.4, 0.5) is 0 Å². The van der Waals surface area contributed by atoms with Gasteiger partial charge in [-0.05, 0) is 36.3 Å². The summed E-state index contributed by atoms with van der Waals surface area (Å²) in [6.07, 6.45) is 3.49. The van der Waals surface area contributed by atoms with Crippen LogP contribution in [0.2, 0.25) is 0 Å². The average Bonchev–Trinajstić information content (AvgIpc) is 3.03. The molecule has 0 aromatic carbocycles. The maximum Gasteiger partial charge on any atom is 0.246 e. The number of carbonyl (C=O) groups excluding carboxylic acids is 2. The second kappa shape index (κ2) is 6.63. The van der Waals surface area contributed by atoms with Gasteiger partial charge in [-0.1, -0.05) is 13.0 Å². The van der Waals surface area contributed by atoms with Crippen LogP contribution in [0.5, 0.6) is 0 Å². The summed E-state index contributed by atoms with van der Waals surface area (Å²) in [5.41, 5.74) is 0.923. The Bertz CT molecular complexity index is 770. The third kappa shape index (κ3) is 3.33. The molecule has 3 unspecified atom stereocenters. The number of nitrogens with zero attached hydrogens (tertiary/aromatic N) is 3. The summed E-state index contributed by atoms with van der Waals surface area (Å²) in [6.45, 7) is 3.65. The topological polar surface area (TPSA) is 67.2 Å². The van der Waals surface area contributed by atoms with Crippen molar-refractivity contribution in [3.05, 3.63) is 40.3 Å². The summed E-state index contributed by atoms with van der Waals surface area (Å²) in [5, 5.41) is 9.35. The second-order valence-corrected chi connectivity index (χ2v) is 7.97. The Morgan fingerprint density at radius 2 is 2.24 bits per heavy atom. The van der Waals surface area contributed by atoms with Crippen molar-refractivity contribution < 1.29 is 9.59 Å². The lowest BCUT2D eigenvalue weighted by atomic mass is 10.1. The van der Waals surface area contributed by atoms with Crippen LogP contribution < -0.4 is 5.32 Å². The molecule has 2 aliphatic rings. The summed E-state index contributed by atoms with van der Waals surface area (Å²) < 4.78 is 1.76. The van der Waals surface area contributed by atoms with Crippen molar-refractivity contribution >= 4 is 23.2 Å². The molecule has 132 valence electrons. The van der Waals surface area contributed by atoms with E-state index in [9.17, 15) is 9.59 Å². The normalized spacial score (nSPS) is 24.7. The van der Waals surface area contributed by atoms with Gasteiger partial charge in [0, 0.05) is 23.5 Å². The Hall–Kier alpha value is -2.15. The fourth-order valence-corrected chi connectivity index (χ4v) is 4.15. The minimum absolute atomic E-state index is 0.0668. The molecule has 2 aromatic rings. The van der Waals surface area contributed by atoms with Gasteiger partial charge in [-0.15, -0.1) is 11.3 Å². The first-order valence-electron chi connectivity index (χ1n) is 8.74. The van der Waals surface area contributed by atoms with Crippen LogP contribution in [0.3, 0.4) is 0 Å². The van der Waals surface area contributed by atoms with Crippen LogP contribution in [-0.2, 0) is 22.6 Å². The molecule has 0 bridgehead atoms. The summed E-state index contributed by atoms with van der Waals surface area (Å²) in [4.78, 5) is 28.4. The number of amides is 2. The van der Waals surface area contributed by atoms with Crippen LogP contribution in [0.15, 0.2) is 29.8 Å². The lowest BCUT2D eigenvalue weighted by Gasteiger charge is -2.33. The van der Waals surface area contributed by atoms with Crippen molar-refractivity contribution in [2.75, 3.05) is 13.1 Å². The zero-order chi connectivity index (χ0) is 17.4. The van der Waals surface area contributed by atoms with Gasteiger partial charge in [-0.25, -0.2) is 0 Å². The van der Waals surface area contributed by atoms with Gasteiger partial charge in [-0.3, -0.25) is 14.3 Å². The van der Waals surface area contributed by atoms with E-state index in [1.165, 1.54) is 4.88 Å². The lowest BCUT2D eigenvalue weighted by Crippen LogP contribution is -2.47. The van der Waals surface area contributed by atoms with Crippen LogP contribution in [0.1, 0.15) is 30.0 Å². The largest absolute Gasteiger partial charge is 0.354 e. The minimum Gasteiger partial charge on any atom is -0.354 e. The first-order chi connectivity index (χ1) is 12.1. The Morgan fingerprint density at radius 3 is 2.96 bits per heavy atom. The molecule has 6 nitrogen and oxygen atoms in total. The minimum atomic E-state index is -0.444. The van der Waals surface area contributed by atoms with Crippen LogP contribution in [0.25, 0.3) is 0 Å². The molecule has 4 rings (SSSR count). The Labute approximate surface area is 150 Å². The van der Waals surface area contributed by atoms with Gasteiger partial charge in [0.05, 0.1) is 18.8 Å². The number of hydrogen-bond acceptors (Lipinski definition) is 4. The molecule has 1 saturated carbocycles. The monoisotopic (exact) mass is 358 g/mol. The molecule has 3 atom stereocenters. The van der Waals surface area contributed by atoms with Gasteiger partial charge in [0.25, 0.3) is 0 Å². The first-order valence-corrected chi connectivity index (χ1v) is 9.62. The van der Waals surface area contributed by atoms with Crippen molar-refractivity contribution in [1.82, 2.24) is 20.0 Å². The average molecular weight is 358 g/mol. The van der Waals surface area contributed by atoms with Crippen molar-refractivity contribution in [2.24, 2.45) is 11.8 Å². The van der Waals surface area contributed by atoms with E-state index in [0.29, 0.717) is 25.6 Å². The van der Waals surface area contributed by atoms with E-state index in [1.54, 1.807) is 22.2 Å². The lowest BCUT2D eigenvalue weighted by molar-refractivity contribution is -0.137. The molecule has 0 saturated heterocycles. The van der Waals surface area contributed by atoms with Crippen molar-refractivity contribution in [1.29, 1.82) is 0 Å². The molecule has 1 fully saturated rings. The maximum absolute atomic E-state index is 12.7. The van der Waals surface area contributed by atoms with Crippen LogP contribution in [0, 0.1) is 11.8 Å². The quantitative estimate of drug-likeness (QED) is 0.887. The van der Waals surface area contributed by atoms with Gasteiger partial charge in [-0.2, -0.15) is 5.10 Å². The predicted molar refractivity (Wildman–Crippen MR) is 95.0 cm³/mol. The van der Waals surface area contributed by atoms with Gasteiger partial charge in [0.15, 0.2) is 0 Å². The molecule has 1 aliphatic heterocycles. The fraction of sp³-hybridized carbons (Fsp3) is 0.500. The molecule has 1 aliphatic carbocycles. The molecule has 3 heterocycles. The van der Waals surface area contributed by atoms with E-state index in [0.717, 1.165) is 18.5 Å². The van der Waals surface area contributed by atoms with E-state index in [1.807, 2.05) is 22.4 Å². The highest BCUT2D eigenvalue weighted by Crippen LogP contribution is 2.40. The summed E-state index contributed by atoms with van der Waals surface area (Å²) in [5.74, 6) is 0.716. The number of fused-ring (bicyclic) bond motifs is 1. The standard InChI is InChI=1S/C18H22N4O2S/c1-12-9-15(12)18(24)21-10-13-4-7-20-22(13)16(11-21)17(23)19-6-5-14-3-2-8-25-14/h2-4,7-8,12,15-16H,5-6,9-11H2,1H3,(H,19,23). The van der Waals surface area contributed by atoms with Crippen LogP contribution in [-0.4, -0.2) is 39.6 Å². The van der Waals surface area contributed by atoms with Gasteiger partial charge >= 0.3 is 0 Å². The maximum atomic E-state index is 12.7. The molecule has 0 spiro atoms. The number of rotatable bonds is 5. The van der Waals surface area contributed by atoms with E-state index < -0.39 is 6.04 Å². The first kappa shape index (κ1) is 16.3. The number of nitrogens with one attached hydrogen (secondary N) is 1. The van der Waals surface area contributed by atoms with E-state index in [-0.39, 0.29) is 17.7 Å². The second-order valence-electron chi connectivity index (χ2n) is 6.94. The Morgan fingerprint density at radius 1 is 1.40 bits per heavy atom. The van der Waals surface area contributed by atoms with Gasteiger partial charge < -0.3 is 10.2 Å². The summed E-state index contributed by atoms with van der Waals surface area (Å²) >= 11 is 1.69. The van der Waals surface area contributed by atoms with Crippen molar-refractivity contribution in [3.63, 3.8) is 0 Å². The molecule has 0 radical (unpaired) electrons. The zero-order valence-electron chi connectivity index (χ0n) is 14.2. The molecule has 2 aromatic heterocycles. The van der Waals surface area contributed by atoms with Crippen molar-refractivity contribution in [2.45, 2.75) is 32.4 Å². The highest BCUT2D eigenvalue weighted by atomic mass is 32.1. The van der Waals surface area contributed by atoms with E-state index in [4.69, 9.17) is 0 Å².